The molecule has 6 heterocycles. The van der Waals surface area contributed by atoms with Gasteiger partial charge in [-0.2, -0.15) is 0 Å². The van der Waals surface area contributed by atoms with E-state index in [0.29, 0.717) is 5.92 Å². The number of fused-ring (bicyclic) bond motifs is 12. The lowest BCUT2D eigenvalue weighted by atomic mass is 9.32. The summed E-state index contributed by atoms with van der Waals surface area (Å²) in [6.45, 7) is -0.603. The molecule has 0 saturated heterocycles. The van der Waals surface area contributed by atoms with Crippen LogP contribution >= 0.6 is 0 Å². The molecular formula is C76H55B2N5O2. The topological polar surface area (TPSA) is 42.5 Å². The molecule has 9 heteroatoms. The largest absolute Gasteiger partial charge is 0.468 e. The molecule has 0 N–H and O–H groups in total. The van der Waals surface area contributed by atoms with Crippen molar-refractivity contribution >= 4 is 154 Å². The van der Waals surface area contributed by atoms with Crippen molar-refractivity contribution in [1.29, 1.82) is 0 Å². The van der Waals surface area contributed by atoms with Gasteiger partial charge in [0.2, 0.25) is 0 Å². The van der Waals surface area contributed by atoms with Crippen LogP contribution in [0.1, 0.15) is 43.6 Å². The van der Waals surface area contributed by atoms with E-state index in [1.807, 2.05) is 0 Å². The van der Waals surface area contributed by atoms with Gasteiger partial charge >= 0.3 is 0 Å². The average molecular weight is 1090 g/mol. The Morgan fingerprint density at radius 1 is 0.329 bits per heavy atom. The van der Waals surface area contributed by atoms with Crippen LogP contribution in [-0.4, -0.2) is 13.4 Å². The van der Waals surface area contributed by atoms with Crippen LogP contribution in [0.4, 0.5) is 85.3 Å². The third kappa shape index (κ3) is 7.29. The minimum absolute atomic E-state index is 0.272. The quantitative estimate of drug-likeness (QED) is 0.140. The highest BCUT2D eigenvalue weighted by Crippen LogP contribution is 2.53. The van der Waals surface area contributed by atoms with Crippen molar-refractivity contribution in [2.24, 2.45) is 0 Å². The Morgan fingerprint density at radius 3 is 1.14 bits per heavy atom. The summed E-state index contributed by atoms with van der Waals surface area (Å²) in [6.07, 6.45) is 6.11. The normalized spacial score (nSPS) is 14.6. The second kappa shape index (κ2) is 19.1. The fourth-order valence-corrected chi connectivity index (χ4v) is 15.2. The fourth-order valence-electron chi connectivity index (χ4n) is 15.2. The number of hydrogen-bond donors (Lipinski definition) is 0. The van der Waals surface area contributed by atoms with E-state index in [9.17, 15) is 0 Å². The van der Waals surface area contributed by atoms with Crippen LogP contribution in [-0.2, 0) is 0 Å². The van der Waals surface area contributed by atoms with Crippen molar-refractivity contribution in [2.75, 3.05) is 24.5 Å². The molecule has 1 aliphatic carbocycles. The Morgan fingerprint density at radius 2 is 0.694 bits per heavy atom. The van der Waals surface area contributed by atoms with Crippen LogP contribution in [0.5, 0.6) is 0 Å². The second-order valence-corrected chi connectivity index (χ2v) is 23.4. The molecule has 7 nitrogen and oxygen atoms in total. The van der Waals surface area contributed by atoms with Crippen LogP contribution in [0.2, 0.25) is 0 Å². The minimum Gasteiger partial charge on any atom is -0.468 e. The molecule has 5 aliphatic rings. The summed E-state index contributed by atoms with van der Waals surface area (Å²) in [6, 6.07) is 98.0. The van der Waals surface area contributed by atoms with Gasteiger partial charge in [-0.1, -0.05) is 159 Å². The predicted octanol–water partition coefficient (Wildman–Crippen LogP) is 16.9. The third-order valence-corrected chi connectivity index (χ3v) is 18.7. The van der Waals surface area contributed by atoms with E-state index < -0.39 is 0 Å². The molecule has 0 unspecified atom stereocenters. The Bertz CT molecular complexity index is 4700. The molecule has 0 radical (unpaired) electrons. The summed E-state index contributed by atoms with van der Waals surface area (Å²) in [5.41, 5.74) is 26.2. The van der Waals surface area contributed by atoms with Gasteiger partial charge in [0.15, 0.2) is 0 Å². The van der Waals surface area contributed by atoms with Crippen molar-refractivity contribution in [3.63, 3.8) is 0 Å². The molecule has 0 spiro atoms. The summed E-state index contributed by atoms with van der Waals surface area (Å²) >= 11 is 0. The van der Waals surface area contributed by atoms with Crippen LogP contribution in [0.3, 0.4) is 0 Å². The van der Waals surface area contributed by atoms with Gasteiger partial charge < -0.3 is 33.3 Å². The molecule has 1 fully saturated rings. The first kappa shape index (κ1) is 48.2. The average Bonchev–Trinajstić information content (AvgIpc) is 1.76. The van der Waals surface area contributed by atoms with Gasteiger partial charge in [-0.25, -0.2) is 0 Å². The Hall–Kier alpha value is -10.4. The van der Waals surface area contributed by atoms with E-state index in [1.165, 1.54) is 70.9 Å². The Balaban J connectivity index is 0.985. The zero-order valence-electron chi connectivity index (χ0n) is 46.7. The summed E-state index contributed by atoms with van der Waals surface area (Å²) in [4.78, 5) is 12.6. The number of nitrogens with zero attached hydrogens (tertiary/aromatic N) is 5. The molecule has 0 atom stereocenters. The van der Waals surface area contributed by atoms with E-state index in [1.54, 1.807) is 0 Å². The smallest absolute Gasteiger partial charge is 0.297 e. The number of anilines is 15. The molecule has 0 bridgehead atoms. The predicted molar refractivity (Wildman–Crippen MR) is 355 cm³/mol. The van der Waals surface area contributed by atoms with E-state index in [4.69, 9.17) is 8.83 Å². The maximum absolute atomic E-state index is 7.50. The molecule has 18 rings (SSSR count). The lowest BCUT2D eigenvalue weighted by molar-refractivity contribution is 0.444. The van der Waals surface area contributed by atoms with Gasteiger partial charge in [-0.15, -0.1) is 0 Å². The van der Waals surface area contributed by atoms with Gasteiger partial charge in [-0.05, 0) is 174 Å². The van der Waals surface area contributed by atoms with Gasteiger partial charge in [0.1, 0.15) is 11.2 Å². The molecular weight excluding hydrogens is 1040 g/mol. The van der Waals surface area contributed by atoms with E-state index in [-0.39, 0.29) is 13.4 Å². The molecule has 1 saturated carbocycles. The van der Waals surface area contributed by atoms with E-state index >= 15 is 0 Å². The van der Waals surface area contributed by atoms with Crippen LogP contribution in [0, 0.1) is 0 Å². The summed E-state index contributed by atoms with van der Waals surface area (Å²) < 4.78 is 15.0. The first-order valence-electron chi connectivity index (χ1n) is 30.1. The Labute approximate surface area is 495 Å². The number of benzene rings is 11. The zero-order chi connectivity index (χ0) is 55.7. The Kier molecular flexibility index (Phi) is 10.8. The molecule has 13 aromatic rings. The fraction of sp³-hybridized carbons (Fsp3) is 0.0789. The number of furan rings is 2. The maximum atomic E-state index is 7.50. The standard InChI is InChI=1S/C76H55B2N5O2/c1-8-26-50(27-9-1)51-44-65-71-66(45-51)82(56-36-18-6-19-37-56)73-59-40-22-24-42-69(59)84-75(73)77(71)61-48-62-64(49-63(61)80(65)54-32-14-4-15-33-54)81(55-34-16-5-17-35-55)67-46-58(79(52-28-10-2-11-29-52)53-30-12-3-13-31-53)47-68-72(67)78(62)76-74(60-41-23-25-43-70(60)85-76)83(68)57-38-20-7-21-39-57/h2-7,10-25,28-50H,1,8-9,26-27H2. The van der Waals surface area contributed by atoms with Crippen LogP contribution in [0.25, 0.3) is 21.9 Å². The lowest BCUT2D eigenvalue weighted by Crippen LogP contribution is -2.65. The number of hydrogen-bond acceptors (Lipinski definition) is 7. The first-order chi connectivity index (χ1) is 42.2. The van der Waals surface area contributed by atoms with Gasteiger partial charge in [-0.3, -0.25) is 0 Å². The second-order valence-electron chi connectivity index (χ2n) is 23.4. The van der Waals surface area contributed by atoms with Crippen molar-refractivity contribution in [2.45, 2.75) is 38.0 Å². The highest BCUT2D eigenvalue weighted by Gasteiger charge is 2.52. The van der Waals surface area contributed by atoms with Gasteiger partial charge in [0, 0.05) is 79.0 Å². The van der Waals surface area contributed by atoms with Crippen molar-refractivity contribution < 1.29 is 8.83 Å². The first-order valence-corrected chi connectivity index (χ1v) is 30.1. The lowest BCUT2D eigenvalue weighted by Gasteiger charge is -2.46. The molecule has 2 aromatic heterocycles. The summed E-state index contributed by atoms with van der Waals surface area (Å²) in [5.74, 6) is 0.441. The summed E-state index contributed by atoms with van der Waals surface area (Å²) in [7, 11) is 0. The molecule has 11 aromatic carbocycles. The molecule has 402 valence electrons. The summed E-state index contributed by atoms with van der Waals surface area (Å²) in [5, 5.41) is 2.17. The SMILES string of the molecule is c1ccc(N(c2ccccc2)c2cc3c4c(c2)N(c2ccccc2)c2c(oc5ccccc25)B4c2cc4c(cc2N3c2ccccc2)N(c2ccccc2)c2cc(C3CCCCC3)cc3c2B4c2oc4ccccc4c2N3c2ccccc2)cc1. The molecule has 4 aliphatic heterocycles. The van der Waals surface area contributed by atoms with Gasteiger partial charge in [0.05, 0.1) is 28.4 Å². The zero-order valence-corrected chi connectivity index (χ0v) is 46.7. The van der Waals surface area contributed by atoms with Crippen molar-refractivity contribution in [3.8, 4) is 0 Å². The highest BCUT2D eigenvalue weighted by atomic mass is 16.3. The van der Waals surface area contributed by atoms with Crippen molar-refractivity contribution in [3.05, 3.63) is 272 Å². The van der Waals surface area contributed by atoms with E-state index in [0.717, 1.165) is 107 Å². The third-order valence-electron chi connectivity index (χ3n) is 18.7. The maximum Gasteiger partial charge on any atom is 0.297 e. The highest BCUT2D eigenvalue weighted by molar-refractivity contribution is 7.02. The minimum atomic E-state index is -0.331. The van der Waals surface area contributed by atoms with Crippen LogP contribution in [0.15, 0.2) is 276 Å². The van der Waals surface area contributed by atoms with Gasteiger partial charge in [0.25, 0.3) is 13.4 Å². The van der Waals surface area contributed by atoms with Crippen LogP contribution < -0.4 is 57.7 Å². The van der Waals surface area contributed by atoms with E-state index in [2.05, 4.69) is 291 Å². The monoisotopic (exact) mass is 1090 g/mol. The number of rotatable bonds is 8. The van der Waals surface area contributed by atoms with Crippen molar-refractivity contribution in [1.82, 2.24) is 0 Å². The molecule has 85 heavy (non-hydrogen) atoms. The number of para-hydroxylation sites is 8. The molecule has 0 amide bonds.